The second-order valence-corrected chi connectivity index (χ2v) is 51.4. The van der Waals surface area contributed by atoms with Gasteiger partial charge in [-0.1, -0.05) is 0 Å². The molecule has 0 amide bonds. The van der Waals surface area contributed by atoms with Crippen LogP contribution in [0.3, 0.4) is 0 Å². The van der Waals surface area contributed by atoms with Crippen LogP contribution in [-0.2, 0) is 15.0 Å². The van der Waals surface area contributed by atoms with Crippen LogP contribution in [0, 0.1) is 0 Å². The van der Waals surface area contributed by atoms with Crippen molar-refractivity contribution in [3.63, 3.8) is 0 Å². The Hall–Kier alpha value is -1.18. The summed E-state index contributed by atoms with van der Waals surface area (Å²) in [6.45, 7) is 25.6. The van der Waals surface area contributed by atoms with Gasteiger partial charge in [-0.3, -0.25) is 0 Å². The van der Waals surface area contributed by atoms with Crippen LogP contribution in [0.15, 0.2) is 65.7 Å². The Bertz CT molecular complexity index is 1620. The fraction of sp³-hybridized carbons (Fsp3) is 0.436. The second-order valence-electron chi connectivity index (χ2n) is 14.6. The van der Waals surface area contributed by atoms with Gasteiger partial charge in [0.2, 0.25) is 0 Å². The molecule has 43 heavy (non-hydrogen) atoms. The maximum absolute atomic E-state index is 8.80. The summed E-state index contributed by atoms with van der Waals surface area (Å²) in [5.41, 5.74) is 12.5. The van der Waals surface area contributed by atoms with E-state index in [0.29, 0.717) is 23.7 Å². The SMILES string of the molecule is CC1=Cc2c(C(C)C)cc(C(C)C)cc2[CH]1[Zr]([Cl])([Cl])([CH]1C(C)=Cc2c(C(C)C)cc(C(C)C)cc21)=[Si](C)c1ccccc1. The van der Waals surface area contributed by atoms with Gasteiger partial charge >= 0.3 is 272 Å². The first kappa shape index (κ1) is 33.2. The molecule has 0 spiro atoms. The van der Waals surface area contributed by atoms with Crippen LogP contribution in [0.25, 0.3) is 12.2 Å². The Morgan fingerprint density at radius 3 is 1.35 bits per heavy atom. The molecule has 0 bridgehead atoms. The van der Waals surface area contributed by atoms with Crippen molar-refractivity contribution in [1.82, 2.24) is 0 Å². The van der Waals surface area contributed by atoms with Crippen molar-refractivity contribution >= 4 is 39.8 Å². The van der Waals surface area contributed by atoms with Crippen molar-refractivity contribution in [3.8, 4) is 0 Å². The molecule has 2 atom stereocenters. The zero-order chi connectivity index (χ0) is 31.6. The normalized spacial score (nSPS) is 18.5. The molecule has 2 unspecified atom stereocenters. The molecule has 0 radical (unpaired) electrons. The van der Waals surface area contributed by atoms with E-state index in [1.165, 1.54) is 60.8 Å². The molecule has 0 N–H and O–H groups in total. The van der Waals surface area contributed by atoms with E-state index in [1.54, 1.807) is 0 Å². The van der Waals surface area contributed by atoms with Gasteiger partial charge in [-0.25, -0.2) is 0 Å². The fourth-order valence-electron chi connectivity index (χ4n) is 7.96. The van der Waals surface area contributed by atoms with E-state index in [-0.39, 0.29) is 7.25 Å². The summed E-state index contributed by atoms with van der Waals surface area (Å²) >= 11 is -5.02. The van der Waals surface area contributed by atoms with Gasteiger partial charge in [0.1, 0.15) is 0 Å². The minimum atomic E-state index is -5.02. The van der Waals surface area contributed by atoms with Crippen LogP contribution >= 0.6 is 17.0 Å². The quantitative estimate of drug-likeness (QED) is 0.214. The average molecular weight is 709 g/mol. The summed E-state index contributed by atoms with van der Waals surface area (Å²) in [7, 11) is 17.6. The molecule has 3 aromatic rings. The van der Waals surface area contributed by atoms with Gasteiger partial charge in [-0.2, -0.15) is 0 Å². The summed E-state index contributed by atoms with van der Waals surface area (Å²) in [5.74, 6) is 1.73. The molecule has 0 fully saturated rings. The van der Waals surface area contributed by atoms with Crippen molar-refractivity contribution in [3.05, 3.63) is 110 Å². The first-order chi connectivity index (χ1) is 20.1. The molecule has 4 heteroatoms. The predicted molar refractivity (Wildman–Crippen MR) is 191 cm³/mol. The molecule has 0 nitrogen and oxygen atoms in total. The van der Waals surface area contributed by atoms with Crippen molar-refractivity contribution in [2.75, 3.05) is 0 Å². The average Bonchev–Trinajstić information content (AvgIpc) is 3.47. The van der Waals surface area contributed by atoms with Gasteiger partial charge in [0, 0.05) is 0 Å². The summed E-state index contributed by atoms with van der Waals surface area (Å²) in [4.78, 5) is 0. The molecule has 0 heterocycles. The zero-order valence-electron chi connectivity index (χ0n) is 28.1. The Morgan fingerprint density at radius 1 is 0.605 bits per heavy atom. The van der Waals surface area contributed by atoms with Crippen LogP contribution in [0.2, 0.25) is 6.55 Å². The standard InChI is InChI=1S/2C16H21.C7H8Si.2ClH.Zr/c2*1-10(2)13-8-14-6-12(5)7-16(14)15(9-13)11(3)4;1-8-7-5-3-2-4-6-7;;;/h2*6-11H,1-5H3;2-6H,1H3;2*1H;/q;;;;;+2/p-2. The van der Waals surface area contributed by atoms with Crippen LogP contribution in [0.1, 0.15) is 145 Å². The third-order valence-corrected chi connectivity index (χ3v) is 53.3. The van der Waals surface area contributed by atoms with Gasteiger partial charge < -0.3 is 0 Å². The molecular weight excluding hydrogens is 659 g/mol. The van der Waals surface area contributed by atoms with E-state index in [2.05, 4.69) is 143 Å². The monoisotopic (exact) mass is 706 g/mol. The minimum absolute atomic E-state index is 0.0691. The first-order valence-electron chi connectivity index (χ1n) is 16.3. The van der Waals surface area contributed by atoms with E-state index >= 15 is 0 Å². The number of hydrogen-bond acceptors (Lipinski definition) is 0. The van der Waals surface area contributed by atoms with Gasteiger partial charge in [0.15, 0.2) is 0 Å². The van der Waals surface area contributed by atoms with Crippen LogP contribution < -0.4 is 5.19 Å². The molecular formula is C39H50Cl2SiZr. The molecule has 0 saturated heterocycles. The number of rotatable bonds is 7. The number of fused-ring (bicyclic) bond motifs is 2. The molecule has 0 saturated carbocycles. The van der Waals surface area contributed by atoms with Gasteiger partial charge in [-0.15, -0.1) is 0 Å². The van der Waals surface area contributed by atoms with Crippen LogP contribution in [0.4, 0.5) is 0 Å². The van der Waals surface area contributed by atoms with Gasteiger partial charge in [0.05, 0.1) is 0 Å². The van der Waals surface area contributed by atoms with Crippen molar-refractivity contribution < 1.29 is 15.0 Å². The van der Waals surface area contributed by atoms with E-state index in [9.17, 15) is 0 Å². The first-order valence-corrected chi connectivity index (χ1v) is 31.1. The molecule has 2 aliphatic rings. The summed E-state index contributed by atoms with van der Waals surface area (Å²) in [5, 5.41) is 1.36. The third kappa shape index (κ3) is 5.39. The van der Waals surface area contributed by atoms with E-state index in [1.807, 2.05) is 0 Å². The molecule has 0 aromatic heterocycles. The van der Waals surface area contributed by atoms with Gasteiger partial charge in [-0.05, 0) is 0 Å². The van der Waals surface area contributed by atoms with Crippen molar-refractivity contribution in [2.45, 2.75) is 107 Å². The van der Waals surface area contributed by atoms with E-state index < -0.39 is 20.4 Å². The van der Waals surface area contributed by atoms with Crippen molar-refractivity contribution in [2.24, 2.45) is 0 Å². The van der Waals surface area contributed by atoms with E-state index in [4.69, 9.17) is 17.0 Å². The number of halogens is 2. The number of hydrogen-bond donors (Lipinski definition) is 0. The van der Waals surface area contributed by atoms with Crippen LogP contribution in [-0.4, -0.2) is 5.43 Å². The summed E-state index contributed by atoms with van der Waals surface area (Å²) in [6, 6.07) is 20.9. The van der Waals surface area contributed by atoms with E-state index in [0.717, 1.165) is 0 Å². The Kier molecular flexibility index (Phi) is 9.17. The van der Waals surface area contributed by atoms with Crippen molar-refractivity contribution in [1.29, 1.82) is 0 Å². The fourth-order valence-corrected chi connectivity index (χ4v) is 46.3. The molecule has 0 aliphatic heterocycles. The summed E-state index contributed by atoms with van der Waals surface area (Å²) in [6.07, 6.45) is 4.91. The number of allylic oxidation sites excluding steroid dienone is 2. The maximum atomic E-state index is 8.80. The molecule has 2 aliphatic carbocycles. The third-order valence-electron chi connectivity index (χ3n) is 10.4. The molecule has 3 aromatic carbocycles. The van der Waals surface area contributed by atoms with Crippen LogP contribution in [0.5, 0.6) is 0 Å². The second kappa shape index (κ2) is 11.9. The Balaban J connectivity index is 1.95. The van der Waals surface area contributed by atoms with Gasteiger partial charge in [0.25, 0.3) is 0 Å². The Labute approximate surface area is 269 Å². The molecule has 5 rings (SSSR count). The number of benzene rings is 3. The Morgan fingerprint density at radius 2 is 1.00 bits per heavy atom. The summed E-state index contributed by atoms with van der Waals surface area (Å²) < 4.78 is 0.138. The zero-order valence-corrected chi connectivity index (χ0v) is 33.0. The molecule has 228 valence electrons. The topological polar surface area (TPSA) is 0 Å². The predicted octanol–water partition coefficient (Wildman–Crippen LogP) is 12.3.